The first kappa shape index (κ1) is 18.7. The molecule has 1 N–H and O–H groups in total. The van der Waals surface area contributed by atoms with Crippen molar-refractivity contribution in [3.8, 4) is 11.5 Å². The lowest BCUT2D eigenvalue weighted by Crippen LogP contribution is -2.15. The van der Waals surface area contributed by atoms with Gasteiger partial charge in [0.05, 0.1) is 20.8 Å². The number of benzene rings is 2. The Morgan fingerprint density at radius 2 is 1.81 bits per heavy atom. The number of aromatic nitrogens is 3. The SMILES string of the molecule is COc1ccc(S(=O)(=O)Nc2ncn(Cc3ccc(C)cc3)n2)c(OC)c1. The summed E-state index contributed by atoms with van der Waals surface area (Å²) in [6, 6.07) is 12.4. The van der Waals surface area contributed by atoms with Crippen LogP contribution in [0.3, 0.4) is 0 Å². The average Bonchev–Trinajstić information content (AvgIpc) is 3.09. The first-order valence-corrected chi connectivity index (χ1v) is 9.59. The van der Waals surface area contributed by atoms with Crippen LogP contribution in [0.15, 0.2) is 53.7 Å². The van der Waals surface area contributed by atoms with Gasteiger partial charge in [0.25, 0.3) is 16.0 Å². The quantitative estimate of drug-likeness (QED) is 0.668. The van der Waals surface area contributed by atoms with Crippen molar-refractivity contribution in [2.45, 2.75) is 18.4 Å². The van der Waals surface area contributed by atoms with Gasteiger partial charge in [0, 0.05) is 6.07 Å². The molecule has 0 aliphatic rings. The predicted molar refractivity (Wildman–Crippen MR) is 101 cm³/mol. The normalized spacial score (nSPS) is 11.2. The molecule has 27 heavy (non-hydrogen) atoms. The molecular weight excluding hydrogens is 368 g/mol. The van der Waals surface area contributed by atoms with E-state index in [0.717, 1.165) is 5.56 Å². The van der Waals surface area contributed by atoms with Crippen molar-refractivity contribution >= 4 is 16.0 Å². The van der Waals surface area contributed by atoms with Crippen molar-refractivity contribution in [1.29, 1.82) is 0 Å². The molecule has 3 aromatic rings. The van der Waals surface area contributed by atoms with E-state index in [-0.39, 0.29) is 16.6 Å². The molecule has 0 fully saturated rings. The monoisotopic (exact) mass is 388 g/mol. The van der Waals surface area contributed by atoms with Crippen molar-refractivity contribution in [3.63, 3.8) is 0 Å². The van der Waals surface area contributed by atoms with Crippen molar-refractivity contribution in [2.24, 2.45) is 0 Å². The van der Waals surface area contributed by atoms with Gasteiger partial charge in [-0.15, -0.1) is 5.10 Å². The Kier molecular flexibility index (Phi) is 5.31. The van der Waals surface area contributed by atoms with Crippen LogP contribution in [0.1, 0.15) is 11.1 Å². The van der Waals surface area contributed by atoms with Gasteiger partial charge in [-0.1, -0.05) is 29.8 Å². The number of rotatable bonds is 7. The highest BCUT2D eigenvalue weighted by atomic mass is 32.2. The average molecular weight is 388 g/mol. The molecule has 0 atom stereocenters. The van der Waals surface area contributed by atoms with Gasteiger partial charge in [-0.2, -0.15) is 4.98 Å². The van der Waals surface area contributed by atoms with Crippen LogP contribution in [0.4, 0.5) is 5.95 Å². The van der Waals surface area contributed by atoms with Gasteiger partial charge in [-0.05, 0) is 24.6 Å². The molecule has 0 aliphatic carbocycles. The molecular formula is C18H20N4O4S. The van der Waals surface area contributed by atoms with Gasteiger partial charge in [0.2, 0.25) is 0 Å². The van der Waals surface area contributed by atoms with E-state index < -0.39 is 10.0 Å². The van der Waals surface area contributed by atoms with Gasteiger partial charge in [0.15, 0.2) is 0 Å². The molecule has 1 aromatic heterocycles. The number of nitrogens with zero attached hydrogens (tertiary/aromatic N) is 3. The van der Waals surface area contributed by atoms with Crippen LogP contribution in [-0.4, -0.2) is 37.4 Å². The first-order chi connectivity index (χ1) is 12.9. The summed E-state index contributed by atoms with van der Waals surface area (Å²) < 4.78 is 39.5. The lowest BCUT2D eigenvalue weighted by molar-refractivity contribution is 0.386. The zero-order chi connectivity index (χ0) is 19.4. The summed E-state index contributed by atoms with van der Waals surface area (Å²) in [4.78, 5) is 4.00. The van der Waals surface area contributed by atoms with Crippen LogP contribution >= 0.6 is 0 Å². The first-order valence-electron chi connectivity index (χ1n) is 8.11. The fourth-order valence-corrected chi connectivity index (χ4v) is 3.57. The molecule has 0 saturated carbocycles. The number of methoxy groups -OCH3 is 2. The molecule has 0 saturated heterocycles. The molecule has 8 nitrogen and oxygen atoms in total. The van der Waals surface area contributed by atoms with E-state index in [1.165, 1.54) is 38.2 Å². The smallest absolute Gasteiger partial charge is 0.267 e. The molecule has 2 aromatic carbocycles. The predicted octanol–water partition coefficient (Wildman–Crippen LogP) is 2.45. The number of ether oxygens (including phenoxy) is 2. The minimum Gasteiger partial charge on any atom is -0.497 e. The summed E-state index contributed by atoms with van der Waals surface area (Å²) in [6.07, 6.45) is 1.48. The second kappa shape index (κ2) is 7.67. The standard InChI is InChI=1S/C18H20N4O4S/c1-13-4-6-14(7-5-13)11-22-12-19-18(20-22)21-27(23,24)17-9-8-15(25-2)10-16(17)26-3/h4-10,12H,11H2,1-3H3,(H,20,21). The molecule has 0 radical (unpaired) electrons. The minimum atomic E-state index is -3.92. The van der Waals surface area contributed by atoms with Crippen molar-refractivity contribution in [2.75, 3.05) is 18.9 Å². The third-order valence-electron chi connectivity index (χ3n) is 3.89. The lowest BCUT2D eigenvalue weighted by atomic mass is 10.1. The van der Waals surface area contributed by atoms with Gasteiger partial charge in [-0.3, -0.25) is 0 Å². The van der Waals surface area contributed by atoms with Crippen molar-refractivity contribution in [1.82, 2.24) is 14.8 Å². The maximum Gasteiger partial charge on any atom is 0.267 e. The van der Waals surface area contributed by atoms with Crippen LogP contribution < -0.4 is 14.2 Å². The van der Waals surface area contributed by atoms with Gasteiger partial charge in [-0.25, -0.2) is 17.8 Å². The summed E-state index contributed by atoms with van der Waals surface area (Å²) in [5.41, 5.74) is 2.20. The highest BCUT2D eigenvalue weighted by Crippen LogP contribution is 2.29. The fraction of sp³-hybridized carbons (Fsp3) is 0.222. The van der Waals surface area contributed by atoms with E-state index in [0.29, 0.717) is 12.3 Å². The second-order valence-corrected chi connectivity index (χ2v) is 7.52. The van der Waals surface area contributed by atoms with Crippen LogP contribution in [0.2, 0.25) is 0 Å². The zero-order valence-electron chi connectivity index (χ0n) is 15.2. The lowest BCUT2D eigenvalue weighted by Gasteiger charge is -2.11. The zero-order valence-corrected chi connectivity index (χ0v) is 16.0. The summed E-state index contributed by atoms with van der Waals surface area (Å²) >= 11 is 0. The molecule has 1 heterocycles. The highest BCUT2D eigenvalue weighted by molar-refractivity contribution is 7.92. The number of aryl methyl sites for hydroxylation is 1. The molecule has 142 valence electrons. The van der Waals surface area contributed by atoms with Crippen LogP contribution in [0, 0.1) is 6.92 Å². The van der Waals surface area contributed by atoms with E-state index >= 15 is 0 Å². The largest absolute Gasteiger partial charge is 0.497 e. The Hall–Kier alpha value is -3.07. The summed E-state index contributed by atoms with van der Waals surface area (Å²) in [6.45, 7) is 2.50. The summed E-state index contributed by atoms with van der Waals surface area (Å²) in [5.74, 6) is 0.646. The topological polar surface area (TPSA) is 95.3 Å². The number of hydrogen-bond donors (Lipinski definition) is 1. The van der Waals surface area contributed by atoms with Crippen LogP contribution in [0.25, 0.3) is 0 Å². The van der Waals surface area contributed by atoms with E-state index in [2.05, 4.69) is 14.8 Å². The third-order valence-corrected chi connectivity index (χ3v) is 5.26. The summed E-state index contributed by atoms with van der Waals surface area (Å²) in [7, 11) is -1.03. The van der Waals surface area contributed by atoms with Crippen molar-refractivity contribution in [3.05, 3.63) is 59.9 Å². The molecule has 0 aliphatic heterocycles. The van der Waals surface area contributed by atoms with Crippen LogP contribution in [-0.2, 0) is 16.6 Å². The van der Waals surface area contributed by atoms with Gasteiger partial charge >= 0.3 is 0 Å². The van der Waals surface area contributed by atoms with E-state index in [1.807, 2.05) is 31.2 Å². The third kappa shape index (κ3) is 4.37. The number of sulfonamides is 1. The fourth-order valence-electron chi connectivity index (χ4n) is 2.47. The Morgan fingerprint density at radius 1 is 1.07 bits per heavy atom. The van der Waals surface area contributed by atoms with Gasteiger partial charge in [0.1, 0.15) is 22.7 Å². The Labute approximate surface area is 157 Å². The number of hydrogen-bond acceptors (Lipinski definition) is 6. The number of anilines is 1. The second-order valence-electron chi connectivity index (χ2n) is 5.87. The Balaban J connectivity index is 1.78. The minimum absolute atomic E-state index is 0.0139. The van der Waals surface area contributed by atoms with E-state index in [9.17, 15) is 8.42 Å². The highest BCUT2D eigenvalue weighted by Gasteiger charge is 2.22. The van der Waals surface area contributed by atoms with E-state index in [1.54, 1.807) is 10.7 Å². The Bertz CT molecular complexity index is 1030. The molecule has 0 spiro atoms. The maximum atomic E-state index is 12.7. The molecule has 0 bridgehead atoms. The van der Waals surface area contributed by atoms with Crippen LogP contribution in [0.5, 0.6) is 11.5 Å². The summed E-state index contributed by atoms with van der Waals surface area (Å²) in [5, 5.41) is 4.18. The molecule has 0 amide bonds. The van der Waals surface area contributed by atoms with Gasteiger partial charge < -0.3 is 9.47 Å². The van der Waals surface area contributed by atoms with Crippen molar-refractivity contribution < 1.29 is 17.9 Å². The molecule has 0 unspecified atom stereocenters. The number of nitrogens with one attached hydrogen (secondary N) is 1. The maximum absolute atomic E-state index is 12.7. The molecule has 9 heteroatoms. The molecule has 3 rings (SSSR count). The van der Waals surface area contributed by atoms with E-state index in [4.69, 9.17) is 9.47 Å². The Morgan fingerprint density at radius 3 is 2.48 bits per heavy atom.